The molecule has 8 heteroatoms. The summed E-state index contributed by atoms with van der Waals surface area (Å²) in [4.78, 5) is 9.40. The summed E-state index contributed by atoms with van der Waals surface area (Å²) < 4.78 is 18.9. The maximum absolute atomic E-state index is 13.9. The second-order valence-corrected chi connectivity index (χ2v) is 8.39. The van der Waals surface area contributed by atoms with E-state index in [4.69, 9.17) is 4.74 Å². The minimum absolute atomic E-state index is 0. The van der Waals surface area contributed by atoms with Gasteiger partial charge in [-0.3, -0.25) is 14.8 Å². The van der Waals surface area contributed by atoms with Crippen molar-refractivity contribution in [1.29, 1.82) is 0 Å². The number of nitrogens with zero attached hydrogens (tertiary/aromatic N) is 3. The number of likely N-dealkylation sites (N-methyl/N-ethyl adjacent to an activating group) is 1. The molecule has 1 aromatic rings. The number of nitrogens with one attached hydrogen (secondary N) is 2. The van der Waals surface area contributed by atoms with Crippen molar-refractivity contribution in [3.63, 3.8) is 0 Å². The van der Waals surface area contributed by atoms with Crippen molar-refractivity contribution in [2.24, 2.45) is 4.99 Å². The number of hydrogen-bond donors (Lipinski definition) is 2. The maximum Gasteiger partial charge on any atom is 0.191 e. The molecule has 1 unspecified atom stereocenters. The van der Waals surface area contributed by atoms with Gasteiger partial charge in [-0.2, -0.15) is 0 Å². The van der Waals surface area contributed by atoms with Crippen LogP contribution in [0.3, 0.4) is 0 Å². The van der Waals surface area contributed by atoms with Crippen LogP contribution in [0.5, 0.6) is 5.75 Å². The predicted octanol–water partition coefficient (Wildman–Crippen LogP) is 3.46. The first-order chi connectivity index (χ1) is 14.6. The first kappa shape index (κ1) is 26.1. The van der Waals surface area contributed by atoms with Crippen LogP contribution in [0, 0.1) is 5.82 Å². The number of ether oxygens (including phenoxy) is 1. The fraction of sp³-hybridized carbons (Fsp3) is 0.696. The third-order valence-corrected chi connectivity index (χ3v) is 6.43. The summed E-state index contributed by atoms with van der Waals surface area (Å²) in [6.07, 6.45) is 6.03. The van der Waals surface area contributed by atoms with Crippen molar-refractivity contribution >= 4 is 29.9 Å². The molecule has 2 aliphatic rings. The zero-order valence-corrected chi connectivity index (χ0v) is 21.5. The van der Waals surface area contributed by atoms with Crippen LogP contribution in [0.15, 0.2) is 23.2 Å². The van der Waals surface area contributed by atoms with Crippen LogP contribution < -0.4 is 15.4 Å². The number of guanidine groups is 1. The van der Waals surface area contributed by atoms with Gasteiger partial charge in [0.15, 0.2) is 17.5 Å². The molecule has 31 heavy (non-hydrogen) atoms. The van der Waals surface area contributed by atoms with Crippen LogP contribution in [-0.2, 0) is 6.54 Å². The molecule has 0 radical (unpaired) electrons. The number of methoxy groups -OCH3 is 1. The molecule has 2 aliphatic heterocycles. The summed E-state index contributed by atoms with van der Waals surface area (Å²) in [5.41, 5.74) is 0.991. The number of piperidine rings is 2. The highest BCUT2D eigenvalue weighted by atomic mass is 127. The Morgan fingerprint density at radius 3 is 2.61 bits per heavy atom. The number of halogens is 2. The lowest BCUT2D eigenvalue weighted by Crippen LogP contribution is -2.52. The van der Waals surface area contributed by atoms with Crippen LogP contribution in [0.4, 0.5) is 4.39 Å². The van der Waals surface area contributed by atoms with E-state index in [-0.39, 0.29) is 29.8 Å². The number of hydrogen-bond acceptors (Lipinski definition) is 4. The quantitative estimate of drug-likeness (QED) is 0.311. The molecule has 176 valence electrons. The van der Waals surface area contributed by atoms with E-state index in [0.29, 0.717) is 17.8 Å². The third kappa shape index (κ3) is 7.75. The zero-order chi connectivity index (χ0) is 21.3. The standard InChI is InChI=1S/C23H38FN5O.HI/c1-4-29-12-6-5-7-20(29)16-26-23(25-2)27-19-10-13-28(14-11-19)17-18-8-9-22(30-3)21(24)15-18;/h8-9,15,19-20H,4-7,10-14,16-17H2,1-3H3,(H2,25,26,27);1H. The van der Waals surface area contributed by atoms with Crippen molar-refractivity contribution in [1.82, 2.24) is 20.4 Å². The van der Waals surface area contributed by atoms with Gasteiger partial charge in [-0.1, -0.05) is 19.4 Å². The largest absolute Gasteiger partial charge is 0.494 e. The highest BCUT2D eigenvalue weighted by molar-refractivity contribution is 14.0. The summed E-state index contributed by atoms with van der Waals surface area (Å²) >= 11 is 0. The van der Waals surface area contributed by atoms with Crippen LogP contribution in [-0.4, -0.2) is 74.7 Å². The smallest absolute Gasteiger partial charge is 0.191 e. The molecule has 2 fully saturated rings. The summed E-state index contributed by atoms with van der Waals surface area (Å²) in [6.45, 7) is 8.30. The molecule has 0 amide bonds. The Balaban J connectivity index is 0.00000341. The maximum atomic E-state index is 13.9. The average Bonchev–Trinajstić information content (AvgIpc) is 2.78. The van der Waals surface area contributed by atoms with Gasteiger partial charge in [0, 0.05) is 45.3 Å². The molecule has 0 spiro atoms. The van der Waals surface area contributed by atoms with Gasteiger partial charge >= 0.3 is 0 Å². The molecule has 1 aromatic carbocycles. The zero-order valence-electron chi connectivity index (χ0n) is 19.2. The minimum atomic E-state index is -0.291. The van der Waals surface area contributed by atoms with Crippen molar-refractivity contribution in [2.45, 2.75) is 57.7 Å². The summed E-state index contributed by atoms with van der Waals surface area (Å²) in [5.74, 6) is 0.921. The van der Waals surface area contributed by atoms with Gasteiger partial charge in [0.25, 0.3) is 0 Å². The molecule has 0 aliphatic carbocycles. The number of aliphatic imine (C=N–C) groups is 1. The second-order valence-electron chi connectivity index (χ2n) is 8.39. The van der Waals surface area contributed by atoms with Crippen LogP contribution in [0.25, 0.3) is 0 Å². The summed E-state index contributed by atoms with van der Waals surface area (Å²) in [6, 6.07) is 6.27. The van der Waals surface area contributed by atoms with E-state index in [2.05, 4.69) is 32.3 Å². The molecule has 1 atom stereocenters. The summed E-state index contributed by atoms with van der Waals surface area (Å²) in [7, 11) is 3.34. The van der Waals surface area contributed by atoms with Gasteiger partial charge in [0.2, 0.25) is 0 Å². The molecule has 3 rings (SSSR count). The SMILES string of the molecule is CCN1CCCCC1CNC(=NC)NC1CCN(Cc2ccc(OC)c(F)c2)CC1.I. The topological polar surface area (TPSA) is 52.1 Å². The van der Waals surface area contributed by atoms with Gasteiger partial charge in [0.05, 0.1) is 7.11 Å². The highest BCUT2D eigenvalue weighted by Crippen LogP contribution is 2.20. The number of rotatable bonds is 7. The van der Waals surface area contributed by atoms with Crippen molar-refractivity contribution < 1.29 is 9.13 Å². The Morgan fingerprint density at radius 2 is 1.97 bits per heavy atom. The molecule has 0 aromatic heterocycles. The molecular weight excluding hydrogens is 508 g/mol. The Morgan fingerprint density at radius 1 is 1.19 bits per heavy atom. The number of likely N-dealkylation sites (tertiary alicyclic amines) is 2. The Bertz CT molecular complexity index is 697. The first-order valence-corrected chi connectivity index (χ1v) is 11.4. The average molecular weight is 548 g/mol. The van der Waals surface area contributed by atoms with Gasteiger partial charge in [-0.15, -0.1) is 24.0 Å². The van der Waals surface area contributed by atoms with Crippen LogP contribution in [0.2, 0.25) is 0 Å². The monoisotopic (exact) mass is 547 g/mol. The Hall–Kier alpha value is -1.13. The van der Waals surface area contributed by atoms with Gasteiger partial charge < -0.3 is 15.4 Å². The Labute approximate surface area is 204 Å². The van der Waals surface area contributed by atoms with Gasteiger partial charge in [-0.05, 0) is 56.5 Å². The lowest BCUT2D eigenvalue weighted by Gasteiger charge is -2.36. The molecule has 2 heterocycles. The predicted molar refractivity (Wildman–Crippen MR) is 136 cm³/mol. The summed E-state index contributed by atoms with van der Waals surface area (Å²) in [5, 5.41) is 7.15. The van der Waals surface area contributed by atoms with Crippen molar-refractivity contribution in [3.05, 3.63) is 29.6 Å². The Kier molecular flexibility index (Phi) is 11.3. The minimum Gasteiger partial charge on any atom is -0.494 e. The van der Waals surface area contributed by atoms with E-state index < -0.39 is 0 Å². The third-order valence-electron chi connectivity index (χ3n) is 6.43. The normalized spacial score (nSPS) is 21.4. The fourth-order valence-electron chi connectivity index (χ4n) is 4.61. The van der Waals surface area contributed by atoms with Gasteiger partial charge in [0.1, 0.15) is 0 Å². The van der Waals surface area contributed by atoms with E-state index in [1.165, 1.54) is 32.9 Å². The van der Waals surface area contributed by atoms with Crippen LogP contribution >= 0.6 is 24.0 Å². The lowest BCUT2D eigenvalue weighted by molar-refractivity contribution is 0.157. The van der Waals surface area contributed by atoms with Crippen molar-refractivity contribution in [2.75, 3.05) is 46.9 Å². The van der Waals surface area contributed by atoms with E-state index in [0.717, 1.165) is 57.1 Å². The van der Waals surface area contributed by atoms with Crippen molar-refractivity contribution in [3.8, 4) is 5.75 Å². The molecule has 6 nitrogen and oxygen atoms in total. The molecule has 2 N–H and O–H groups in total. The van der Waals surface area contributed by atoms with E-state index in [1.54, 1.807) is 12.1 Å². The fourth-order valence-corrected chi connectivity index (χ4v) is 4.61. The number of benzene rings is 1. The molecule has 2 saturated heterocycles. The van der Waals surface area contributed by atoms with Crippen LogP contribution in [0.1, 0.15) is 44.6 Å². The van der Waals surface area contributed by atoms with Gasteiger partial charge in [-0.25, -0.2) is 4.39 Å². The molecule has 0 bridgehead atoms. The molecule has 0 saturated carbocycles. The van der Waals surface area contributed by atoms with E-state index in [1.807, 2.05) is 13.1 Å². The molecular formula is C23H39FIN5O. The second kappa shape index (κ2) is 13.4. The van der Waals surface area contributed by atoms with E-state index >= 15 is 0 Å². The lowest BCUT2D eigenvalue weighted by atomic mass is 10.0. The first-order valence-electron chi connectivity index (χ1n) is 11.4. The highest BCUT2D eigenvalue weighted by Gasteiger charge is 2.23. The van der Waals surface area contributed by atoms with E-state index in [9.17, 15) is 4.39 Å².